The average Bonchev–Trinajstić information content (AvgIpc) is 2.49. The van der Waals surface area contributed by atoms with E-state index in [9.17, 15) is 5.11 Å². The second-order valence-electron chi connectivity index (χ2n) is 5.59. The Morgan fingerprint density at radius 3 is 2.25 bits per heavy atom. The van der Waals surface area contributed by atoms with Crippen molar-refractivity contribution in [1.29, 1.82) is 0 Å². The fraction of sp³-hybridized carbons (Fsp3) is 0.333. The van der Waals surface area contributed by atoms with Crippen molar-refractivity contribution in [3.05, 3.63) is 71.8 Å². The van der Waals surface area contributed by atoms with E-state index in [1.54, 1.807) is 0 Å². The maximum absolute atomic E-state index is 10.4. The Morgan fingerprint density at radius 2 is 1.60 bits per heavy atom. The summed E-state index contributed by atoms with van der Waals surface area (Å²) in [6, 6.07) is 20.9. The second kappa shape index (κ2) is 6.21. The molecule has 0 bridgehead atoms. The molecule has 1 aliphatic heterocycles. The molecule has 0 aliphatic carbocycles. The fourth-order valence-corrected chi connectivity index (χ4v) is 3.07. The number of benzene rings is 2. The average molecular weight is 267 g/mol. The van der Waals surface area contributed by atoms with Crippen LogP contribution in [0, 0.1) is 0 Å². The van der Waals surface area contributed by atoms with E-state index in [4.69, 9.17) is 0 Å². The van der Waals surface area contributed by atoms with Gasteiger partial charge in [-0.2, -0.15) is 0 Å². The summed E-state index contributed by atoms with van der Waals surface area (Å²) < 4.78 is 0. The standard InChI is InChI=1S/C18H21NO/c20-18-14-19(13-15-7-3-1-4-8-15)12-11-17(18)16-9-5-2-6-10-16/h1-10,17-18,20H,11-14H2/t17-,18-/m0/s1. The van der Waals surface area contributed by atoms with Crippen LogP contribution < -0.4 is 0 Å². The number of nitrogens with zero attached hydrogens (tertiary/aromatic N) is 1. The number of aliphatic hydroxyl groups excluding tert-OH is 1. The van der Waals surface area contributed by atoms with Gasteiger partial charge < -0.3 is 5.11 Å². The third-order valence-corrected chi connectivity index (χ3v) is 4.14. The van der Waals surface area contributed by atoms with Gasteiger partial charge in [-0.15, -0.1) is 0 Å². The SMILES string of the molecule is O[C@H]1CN(Cc2ccccc2)CC[C@H]1c1ccccc1. The molecule has 0 spiro atoms. The normalized spacial score (nSPS) is 23.6. The molecule has 0 aromatic heterocycles. The molecule has 0 unspecified atom stereocenters. The van der Waals surface area contributed by atoms with Crippen LogP contribution in [0.1, 0.15) is 23.5 Å². The van der Waals surface area contributed by atoms with E-state index in [1.807, 2.05) is 12.1 Å². The minimum atomic E-state index is -0.269. The lowest BCUT2D eigenvalue weighted by molar-refractivity contribution is 0.0477. The van der Waals surface area contributed by atoms with Crippen molar-refractivity contribution in [2.24, 2.45) is 0 Å². The predicted octanol–water partition coefficient (Wildman–Crippen LogP) is 3.04. The van der Waals surface area contributed by atoms with Crippen molar-refractivity contribution < 1.29 is 5.11 Å². The highest BCUT2D eigenvalue weighted by Crippen LogP contribution is 2.28. The minimum absolute atomic E-state index is 0.269. The van der Waals surface area contributed by atoms with Crippen molar-refractivity contribution in [2.75, 3.05) is 13.1 Å². The van der Waals surface area contributed by atoms with E-state index >= 15 is 0 Å². The Bertz CT molecular complexity index is 526. The number of β-amino-alcohol motifs (C(OH)–C–C–N with tert-alkyl or cyclic N) is 1. The highest BCUT2D eigenvalue weighted by Gasteiger charge is 2.28. The molecule has 2 aromatic carbocycles. The van der Waals surface area contributed by atoms with Gasteiger partial charge in [0.25, 0.3) is 0 Å². The molecule has 0 saturated carbocycles. The van der Waals surface area contributed by atoms with Crippen molar-refractivity contribution in [2.45, 2.75) is 25.0 Å². The van der Waals surface area contributed by atoms with Gasteiger partial charge >= 0.3 is 0 Å². The van der Waals surface area contributed by atoms with Crippen LogP contribution in [0.2, 0.25) is 0 Å². The molecule has 104 valence electrons. The first-order valence-corrected chi connectivity index (χ1v) is 7.32. The van der Waals surface area contributed by atoms with E-state index in [-0.39, 0.29) is 12.0 Å². The molecule has 3 rings (SSSR count). The molecular formula is C18H21NO. The molecule has 1 heterocycles. The van der Waals surface area contributed by atoms with E-state index < -0.39 is 0 Å². The van der Waals surface area contributed by atoms with Crippen LogP contribution in [0.4, 0.5) is 0 Å². The van der Waals surface area contributed by atoms with Crippen LogP contribution in [0.25, 0.3) is 0 Å². The maximum atomic E-state index is 10.4. The van der Waals surface area contributed by atoms with Crippen LogP contribution in [-0.4, -0.2) is 29.2 Å². The first-order valence-electron chi connectivity index (χ1n) is 7.32. The molecule has 2 atom stereocenters. The Morgan fingerprint density at radius 1 is 0.950 bits per heavy atom. The molecule has 20 heavy (non-hydrogen) atoms. The molecule has 1 aliphatic rings. The number of rotatable bonds is 3. The van der Waals surface area contributed by atoms with Gasteiger partial charge in [0.15, 0.2) is 0 Å². The third-order valence-electron chi connectivity index (χ3n) is 4.14. The summed E-state index contributed by atoms with van der Waals surface area (Å²) in [7, 11) is 0. The quantitative estimate of drug-likeness (QED) is 0.924. The van der Waals surface area contributed by atoms with Crippen molar-refractivity contribution in [3.8, 4) is 0 Å². The van der Waals surface area contributed by atoms with Crippen molar-refractivity contribution in [3.63, 3.8) is 0 Å². The van der Waals surface area contributed by atoms with Crippen LogP contribution in [0.15, 0.2) is 60.7 Å². The molecule has 2 aromatic rings. The molecule has 2 heteroatoms. The number of hydrogen-bond acceptors (Lipinski definition) is 2. The monoisotopic (exact) mass is 267 g/mol. The predicted molar refractivity (Wildman–Crippen MR) is 81.5 cm³/mol. The zero-order valence-electron chi connectivity index (χ0n) is 11.7. The first kappa shape index (κ1) is 13.3. The van der Waals surface area contributed by atoms with Gasteiger partial charge in [-0.05, 0) is 24.1 Å². The highest BCUT2D eigenvalue weighted by atomic mass is 16.3. The molecule has 0 amide bonds. The Balaban J connectivity index is 1.62. The zero-order valence-corrected chi connectivity index (χ0v) is 11.7. The summed E-state index contributed by atoms with van der Waals surface area (Å²) in [5, 5.41) is 10.4. The van der Waals surface area contributed by atoms with Crippen LogP contribution >= 0.6 is 0 Å². The molecule has 2 nitrogen and oxygen atoms in total. The minimum Gasteiger partial charge on any atom is -0.391 e. The Hall–Kier alpha value is -1.64. The van der Waals surface area contributed by atoms with Gasteiger partial charge in [-0.3, -0.25) is 4.90 Å². The summed E-state index contributed by atoms with van der Waals surface area (Å²) >= 11 is 0. The highest BCUT2D eigenvalue weighted by molar-refractivity contribution is 5.22. The largest absolute Gasteiger partial charge is 0.391 e. The van der Waals surface area contributed by atoms with Gasteiger partial charge in [0.1, 0.15) is 0 Å². The van der Waals surface area contributed by atoms with Crippen LogP contribution in [0.5, 0.6) is 0 Å². The van der Waals surface area contributed by atoms with E-state index in [0.29, 0.717) is 0 Å². The summed E-state index contributed by atoms with van der Waals surface area (Å²) in [6.45, 7) is 2.74. The van der Waals surface area contributed by atoms with Gasteiger partial charge in [-0.1, -0.05) is 60.7 Å². The zero-order chi connectivity index (χ0) is 13.8. The summed E-state index contributed by atoms with van der Waals surface area (Å²) in [5.41, 5.74) is 2.58. The lowest BCUT2D eigenvalue weighted by Gasteiger charge is -2.36. The molecule has 1 fully saturated rings. The van der Waals surface area contributed by atoms with E-state index in [2.05, 4.69) is 53.4 Å². The van der Waals surface area contributed by atoms with Crippen LogP contribution in [-0.2, 0) is 6.54 Å². The van der Waals surface area contributed by atoms with Crippen LogP contribution in [0.3, 0.4) is 0 Å². The second-order valence-corrected chi connectivity index (χ2v) is 5.59. The summed E-state index contributed by atoms with van der Waals surface area (Å²) in [4.78, 5) is 2.35. The maximum Gasteiger partial charge on any atom is 0.0736 e. The molecule has 0 radical (unpaired) electrons. The van der Waals surface area contributed by atoms with Gasteiger partial charge in [0.2, 0.25) is 0 Å². The van der Waals surface area contributed by atoms with Gasteiger partial charge in [0.05, 0.1) is 6.10 Å². The lowest BCUT2D eigenvalue weighted by atomic mass is 9.87. The lowest BCUT2D eigenvalue weighted by Crippen LogP contribution is -2.42. The fourth-order valence-electron chi connectivity index (χ4n) is 3.07. The Kier molecular flexibility index (Phi) is 4.14. The van der Waals surface area contributed by atoms with E-state index in [1.165, 1.54) is 11.1 Å². The number of aliphatic hydroxyl groups is 1. The smallest absolute Gasteiger partial charge is 0.0736 e. The first-order chi connectivity index (χ1) is 9.83. The van der Waals surface area contributed by atoms with Gasteiger partial charge in [-0.25, -0.2) is 0 Å². The number of likely N-dealkylation sites (tertiary alicyclic amines) is 1. The molecule has 1 N–H and O–H groups in total. The third kappa shape index (κ3) is 3.09. The summed E-state index contributed by atoms with van der Waals surface area (Å²) in [5.74, 6) is 0.281. The molecule has 1 saturated heterocycles. The topological polar surface area (TPSA) is 23.5 Å². The van der Waals surface area contributed by atoms with E-state index in [0.717, 1.165) is 26.1 Å². The van der Waals surface area contributed by atoms with Crippen molar-refractivity contribution >= 4 is 0 Å². The number of hydrogen-bond donors (Lipinski definition) is 1. The Labute approximate surface area is 120 Å². The van der Waals surface area contributed by atoms with Gasteiger partial charge in [0, 0.05) is 19.0 Å². The van der Waals surface area contributed by atoms with Crippen molar-refractivity contribution in [1.82, 2.24) is 4.90 Å². The number of piperidine rings is 1. The summed E-state index contributed by atoms with van der Waals surface area (Å²) in [6.07, 6.45) is 0.757. The molecular weight excluding hydrogens is 246 g/mol.